The average molecular weight is 114 g/mol. The van der Waals surface area contributed by atoms with Crippen LogP contribution in [-0.2, 0) is 9.59 Å². The van der Waals surface area contributed by atoms with Gasteiger partial charge in [-0.25, -0.2) is 0 Å². The quantitative estimate of drug-likeness (QED) is 0.462. The summed E-state index contributed by atoms with van der Waals surface area (Å²) in [6.45, 7) is -3.67. The maximum atomic E-state index is 9.67. The Morgan fingerprint density at radius 1 is 1.14 bits per heavy atom. The van der Waals surface area contributed by atoms with Crippen molar-refractivity contribution in [2.75, 3.05) is 0 Å². The van der Waals surface area contributed by atoms with Crippen LogP contribution in [0.4, 0.5) is 13.2 Å². The van der Waals surface area contributed by atoms with Gasteiger partial charge in [-0.05, 0) is 0 Å². The first-order valence-electron chi connectivity index (χ1n) is 1.06. The van der Waals surface area contributed by atoms with Gasteiger partial charge in [0.25, 0.3) is 0 Å². The lowest BCUT2D eigenvalue weighted by molar-refractivity contribution is -0.191. The third-order valence-electron chi connectivity index (χ3n) is 0. The lowest BCUT2D eigenvalue weighted by Gasteiger charge is -1.65. The van der Waals surface area contributed by atoms with Crippen molar-refractivity contribution in [3.8, 4) is 0 Å². The summed E-state index contributed by atoms with van der Waals surface area (Å²) < 4.78 is 29.0. The van der Waals surface area contributed by atoms with E-state index in [1.54, 1.807) is 0 Å². The molecule has 7 heavy (non-hydrogen) atoms. The third kappa shape index (κ3) is 75.4. The van der Waals surface area contributed by atoms with Crippen molar-refractivity contribution in [2.24, 2.45) is 0 Å². The fourth-order valence-corrected chi connectivity index (χ4v) is 0. The summed E-state index contributed by atoms with van der Waals surface area (Å²) in [6, 6.07) is 0. The standard InChI is InChI=1S/CHF3.CO2/c2-1(3)4;2-1-3/h1H;. The Morgan fingerprint density at radius 2 is 1.14 bits per heavy atom. The van der Waals surface area contributed by atoms with Gasteiger partial charge in [0.05, 0.1) is 0 Å². The number of hydrogen-bond donors (Lipinski definition) is 0. The summed E-state index contributed by atoms with van der Waals surface area (Å²) in [6.07, 6.45) is 0.250. The zero-order chi connectivity index (χ0) is 6.28. The van der Waals surface area contributed by atoms with Crippen LogP contribution in [0, 0.1) is 0 Å². The minimum Gasteiger partial charge on any atom is -0.186 e. The van der Waals surface area contributed by atoms with Crippen molar-refractivity contribution in [1.29, 1.82) is 0 Å². The molecule has 0 saturated heterocycles. The van der Waals surface area contributed by atoms with E-state index < -0.39 is 6.68 Å². The third-order valence-corrected chi connectivity index (χ3v) is 0. The molecule has 5 heteroatoms. The molecule has 0 bridgehead atoms. The number of rotatable bonds is 0. The predicted octanol–water partition coefficient (Wildman–Crippen LogP) is 0.595. The van der Waals surface area contributed by atoms with Crippen LogP contribution in [0.5, 0.6) is 0 Å². The molecule has 0 fully saturated rings. The van der Waals surface area contributed by atoms with Crippen LogP contribution < -0.4 is 0 Å². The molecule has 0 rings (SSSR count). The Kier molecular flexibility index (Phi) is 12.1. The molecule has 0 aromatic carbocycles. The van der Waals surface area contributed by atoms with E-state index in [-0.39, 0.29) is 6.15 Å². The fraction of sp³-hybridized carbons (Fsp3) is 0.500. The van der Waals surface area contributed by atoms with Crippen LogP contribution in [0.3, 0.4) is 0 Å². The van der Waals surface area contributed by atoms with Crippen LogP contribution in [0.2, 0.25) is 0 Å². The van der Waals surface area contributed by atoms with Gasteiger partial charge >= 0.3 is 12.8 Å². The molecule has 42 valence electrons. The second-order valence-corrected chi connectivity index (χ2v) is 0.331. The Morgan fingerprint density at radius 3 is 1.14 bits per heavy atom. The number of halogens is 3. The highest BCUT2D eigenvalue weighted by atomic mass is 19.4. The minimum atomic E-state index is -3.67. The van der Waals surface area contributed by atoms with Crippen LogP contribution in [0.1, 0.15) is 0 Å². The van der Waals surface area contributed by atoms with Crippen molar-refractivity contribution < 1.29 is 22.8 Å². The highest BCUT2D eigenvalue weighted by Gasteiger charge is 1.86. The van der Waals surface area contributed by atoms with Crippen LogP contribution in [-0.4, -0.2) is 12.8 Å². The van der Waals surface area contributed by atoms with Gasteiger partial charge in [0.15, 0.2) is 0 Å². The summed E-state index contributed by atoms with van der Waals surface area (Å²) in [4.78, 5) is 16.2. The maximum absolute atomic E-state index is 9.67. The molecule has 0 radical (unpaired) electrons. The van der Waals surface area contributed by atoms with E-state index in [1.165, 1.54) is 0 Å². The molecule has 0 aliphatic carbocycles. The zero-order valence-electron chi connectivity index (χ0n) is 3.03. The summed E-state index contributed by atoms with van der Waals surface area (Å²) in [5, 5.41) is 0. The number of carbonyl (C=O) groups excluding carboxylic acids is 2. The van der Waals surface area contributed by atoms with Gasteiger partial charge in [-0.2, -0.15) is 22.8 Å². The molecular weight excluding hydrogens is 113 g/mol. The molecule has 0 heterocycles. The van der Waals surface area contributed by atoms with Gasteiger partial charge in [0, 0.05) is 0 Å². The van der Waals surface area contributed by atoms with E-state index in [0.29, 0.717) is 0 Å². The van der Waals surface area contributed by atoms with Gasteiger partial charge in [-0.1, -0.05) is 0 Å². The van der Waals surface area contributed by atoms with E-state index >= 15 is 0 Å². The fourth-order valence-electron chi connectivity index (χ4n) is 0. The maximum Gasteiger partial charge on any atom is 0.379 e. The minimum absolute atomic E-state index is 0.250. The molecule has 0 N–H and O–H groups in total. The number of hydrogen-bond acceptors (Lipinski definition) is 2. The van der Waals surface area contributed by atoms with Gasteiger partial charge < -0.3 is 0 Å². The Labute approximate surface area is 36.9 Å². The molecule has 0 saturated carbocycles. The largest absolute Gasteiger partial charge is 0.379 e. The molecule has 0 spiro atoms. The van der Waals surface area contributed by atoms with E-state index in [0.717, 1.165) is 0 Å². The number of alkyl halides is 3. The van der Waals surface area contributed by atoms with Crippen LogP contribution >= 0.6 is 0 Å². The van der Waals surface area contributed by atoms with Crippen molar-refractivity contribution in [1.82, 2.24) is 0 Å². The normalized spacial score (nSPS) is 6.29. The molecule has 0 unspecified atom stereocenters. The topological polar surface area (TPSA) is 34.1 Å². The Hall–Kier alpha value is -0.830. The van der Waals surface area contributed by atoms with Gasteiger partial charge in [-0.3, -0.25) is 0 Å². The van der Waals surface area contributed by atoms with Crippen molar-refractivity contribution in [3.63, 3.8) is 0 Å². The Bertz CT molecular complexity index is 53.2. The monoisotopic (exact) mass is 114 g/mol. The summed E-state index contributed by atoms with van der Waals surface area (Å²) in [5.41, 5.74) is 0. The highest BCUT2D eigenvalue weighted by molar-refractivity contribution is 5.20. The van der Waals surface area contributed by atoms with E-state index in [4.69, 9.17) is 9.59 Å². The van der Waals surface area contributed by atoms with Gasteiger partial charge in [0.1, 0.15) is 0 Å². The molecule has 0 amide bonds. The molecule has 0 aromatic heterocycles. The average Bonchev–Trinajstić information content (AvgIpc) is 1.33. The predicted molar refractivity (Wildman–Crippen MR) is 12.1 cm³/mol. The molecule has 2 nitrogen and oxygen atoms in total. The summed E-state index contributed by atoms with van der Waals surface area (Å²) in [7, 11) is 0. The zero-order valence-corrected chi connectivity index (χ0v) is 3.03. The van der Waals surface area contributed by atoms with Crippen LogP contribution in [0.25, 0.3) is 0 Å². The smallest absolute Gasteiger partial charge is 0.186 e. The van der Waals surface area contributed by atoms with Crippen molar-refractivity contribution in [3.05, 3.63) is 0 Å². The lowest BCUT2D eigenvalue weighted by atomic mass is 11.6. The highest BCUT2D eigenvalue weighted by Crippen LogP contribution is 1.87. The van der Waals surface area contributed by atoms with E-state index in [2.05, 4.69) is 0 Å². The molecule has 0 aromatic rings. The van der Waals surface area contributed by atoms with E-state index in [1.807, 2.05) is 0 Å². The van der Waals surface area contributed by atoms with Crippen molar-refractivity contribution in [2.45, 2.75) is 6.68 Å². The molecule has 0 aliphatic heterocycles. The van der Waals surface area contributed by atoms with E-state index in [9.17, 15) is 13.2 Å². The van der Waals surface area contributed by atoms with Gasteiger partial charge in [-0.15, -0.1) is 0 Å². The van der Waals surface area contributed by atoms with Gasteiger partial charge in [0.2, 0.25) is 0 Å². The van der Waals surface area contributed by atoms with Crippen molar-refractivity contribution >= 4 is 6.15 Å². The van der Waals surface area contributed by atoms with Crippen LogP contribution in [0.15, 0.2) is 0 Å². The Balaban J connectivity index is 0. The summed E-state index contributed by atoms with van der Waals surface area (Å²) in [5.74, 6) is 0. The SMILES string of the molecule is FC(F)F.O=C=O. The molecule has 0 atom stereocenters. The first-order valence-corrected chi connectivity index (χ1v) is 1.06. The summed E-state index contributed by atoms with van der Waals surface area (Å²) >= 11 is 0. The lowest BCUT2D eigenvalue weighted by Crippen LogP contribution is -1.65. The molecule has 0 aliphatic rings. The second-order valence-electron chi connectivity index (χ2n) is 0.331. The second kappa shape index (κ2) is 8.95. The first-order chi connectivity index (χ1) is 3.15. The molecular formula is C2HF3O2. The first kappa shape index (κ1) is 9.48.